The van der Waals surface area contributed by atoms with Gasteiger partial charge in [0.05, 0.1) is 6.10 Å². The summed E-state index contributed by atoms with van der Waals surface area (Å²) in [6, 6.07) is 6.39. The van der Waals surface area contributed by atoms with Gasteiger partial charge in [0, 0.05) is 19.6 Å². The molecule has 0 aliphatic rings. The Morgan fingerprint density at radius 3 is 2.39 bits per heavy atom. The largest absolute Gasteiger partial charge is 0.390 e. The highest BCUT2D eigenvalue weighted by Gasteiger charge is 2.08. The average Bonchev–Trinajstić information content (AvgIpc) is 2.38. The van der Waals surface area contributed by atoms with Crippen molar-refractivity contribution in [2.75, 3.05) is 26.2 Å². The number of halogens is 1. The molecule has 0 aromatic heterocycles. The Kier molecular flexibility index (Phi) is 6.86. The van der Waals surface area contributed by atoms with Crippen LogP contribution in [0.25, 0.3) is 0 Å². The van der Waals surface area contributed by atoms with Crippen LogP contribution < -0.4 is 5.32 Å². The molecule has 0 saturated heterocycles. The maximum absolute atomic E-state index is 12.7. The van der Waals surface area contributed by atoms with Crippen LogP contribution in [0.4, 0.5) is 4.39 Å². The van der Waals surface area contributed by atoms with E-state index in [1.807, 2.05) is 0 Å². The van der Waals surface area contributed by atoms with Gasteiger partial charge in [-0.15, -0.1) is 0 Å². The second kappa shape index (κ2) is 8.19. The molecule has 1 aromatic rings. The zero-order chi connectivity index (χ0) is 13.4. The molecule has 0 bridgehead atoms. The zero-order valence-electron chi connectivity index (χ0n) is 11.2. The molecule has 0 fully saturated rings. The monoisotopic (exact) mass is 254 g/mol. The maximum atomic E-state index is 12.7. The second-order valence-electron chi connectivity index (χ2n) is 4.40. The summed E-state index contributed by atoms with van der Waals surface area (Å²) in [5.41, 5.74) is 1.02. The Morgan fingerprint density at radius 2 is 1.83 bits per heavy atom. The number of hydrogen-bond acceptors (Lipinski definition) is 3. The molecular weight excluding hydrogens is 231 g/mol. The van der Waals surface area contributed by atoms with Gasteiger partial charge in [0.1, 0.15) is 5.82 Å². The van der Waals surface area contributed by atoms with E-state index in [0.29, 0.717) is 19.6 Å². The molecular formula is C14H23FN2O. The molecule has 4 heteroatoms. The van der Waals surface area contributed by atoms with Crippen LogP contribution in [-0.2, 0) is 6.54 Å². The summed E-state index contributed by atoms with van der Waals surface area (Å²) in [6.45, 7) is 7.95. The van der Waals surface area contributed by atoms with Crippen molar-refractivity contribution in [2.24, 2.45) is 0 Å². The third-order valence-corrected chi connectivity index (χ3v) is 2.99. The summed E-state index contributed by atoms with van der Waals surface area (Å²) >= 11 is 0. The predicted molar refractivity (Wildman–Crippen MR) is 71.9 cm³/mol. The van der Waals surface area contributed by atoms with Crippen LogP contribution in [-0.4, -0.2) is 42.3 Å². The minimum absolute atomic E-state index is 0.222. The van der Waals surface area contributed by atoms with E-state index in [2.05, 4.69) is 24.1 Å². The van der Waals surface area contributed by atoms with Crippen molar-refractivity contribution in [3.05, 3.63) is 35.6 Å². The molecule has 18 heavy (non-hydrogen) atoms. The van der Waals surface area contributed by atoms with Gasteiger partial charge < -0.3 is 15.3 Å². The lowest BCUT2D eigenvalue weighted by Gasteiger charge is -2.22. The van der Waals surface area contributed by atoms with Gasteiger partial charge in [0.15, 0.2) is 0 Å². The summed E-state index contributed by atoms with van der Waals surface area (Å²) in [5.74, 6) is -0.222. The SMILES string of the molecule is CCN(CC)CC(O)CNCc1ccc(F)cc1. The Labute approximate surface area is 109 Å². The van der Waals surface area contributed by atoms with Gasteiger partial charge in [0.25, 0.3) is 0 Å². The lowest BCUT2D eigenvalue weighted by atomic mass is 10.2. The summed E-state index contributed by atoms with van der Waals surface area (Å²) in [4.78, 5) is 2.18. The molecule has 0 aliphatic carbocycles. The van der Waals surface area contributed by atoms with Crippen LogP contribution in [0.5, 0.6) is 0 Å². The number of aliphatic hydroxyl groups is 1. The van der Waals surface area contributed by atoms with E-state index in [1.165, 1.54) is 12.1 Å². The number of likely N-dealkylation sites (N-methyl/N-ethyl adjacent to an activating group) is 1. The molecule has 1 atom stereocenters. The van der Waals surface area contributed by atoms with Gasteiger partial charge in [-0.05, 0) is 30.8 Å². The average molecular weight is 254 g/mol. The molecule has 0 heterocycles. The Balaban J connectivity index is 2.22. The molecule has 1 aromatic carbocycles. The topological polar surface area (TPSA) is 35.5 Å². The molecule has 1 rings (SSSR count). The van der Waals surface area contributed by atoms with Crippen LogP contribution in [0.2, 0.25) is 0 Å². The molecule has 0 amide bonds. The summed E-state index contributed by atoms with van der Waals surface area (Å²) < 4.78 is 12.7. The number of benzene rings is 1. The van der Waals surface area contributed by atoms with Crippen molar-refractivity contribution in [2.45, 2.75) is 26.5 Å². The maximum Gasteiger partial charge on any atom is 0.123 e. The van der Waals surface area contributed by atoms with Gasteiger partial charge in [-0.2, -0.15) is 0 Å². The standard InChI is InChI=1S/C14H23FN2O/c1-3-17(4-2)11-14(18)10-16-9-12-5-7-13(15)8-6-12/h5-8,14,16,18H,3-4,9-11H2,1-2H3. The first-order valence-electron chi connectivity index (χ1n) is 6.51. The lowest BCUT2D eigenvalue weighted by Crippen LogP contribution is -2.38. The molecule has 0 saturated carbocycles. The normalized spacial score (nSPS) is 12.9. The van der Waals surface area contributed by atoms with E-state index in [-0.39, 0.29) is 11.9 Å². The van der Waals surface area contributed by atoms with E-state index >= 15 is 0 Å². The second-order valence-corrected chi connectivity index (χ2v) is 4.40. The first-order valence-corrected chi connectivity index (χ1v) is 6.51. The van der Waals surface area contributed by atoms with Crippen molar-refractivity contribution in [3.63, 3.8) is 0 Å². The van der Waals surface area contributed by atoms with Gasteiger partial charge in [-0.25, -0.2) is 4.39 Å². The molecule has 0 spiro atoms. The quantitative estimate of drug-likeness (QED) is 0.740. The van der Waals surface area contributed by atoms with Crippen LogP contribution >= 0.6 is 0 Å². The number of nitrogens with zero attached hydrogens (tertiary/aromatic N) is 1. The van der Waals surface area contributed by atoms with E-state index in [4.69, 9.17) is 0 Å². The number of hydrogen-bond donors (Lipinski definition) is 2. The zero-order valence-corrected chi connectivity index (χ0v) is 11.2. The van der Waals surface area contributed by atoms with Crippen LogP contribution in [0.3, 0.4) is 0 Å². The van der Waals surface area contributed by atoms with Crippen molar-refractivity contribution in [1.82, 2.24) is 10.2 Å². The van der Waals surface area contributed by atoms with Gasteiger partial charge in [-0.3, -0.25) is 0 Å². The van der Waals surface area contributed by atoms with Crippen LogP contribution in [0.15, 0.2) is 24.3 Å². The first kappa shape index (κ1) is 15.1. The predicted octanol–water partition coefficient (Wildman–Crippen LogP) is 1.62. The van der Waals surface area contributed by atoms with Gasteiger partial charge >= 0.3 is 0 Å². The van der Waals surface area contributed by atoms with Crippen molar-refractivity contribution in [1.29, 1.82) is 0 Å². The fourth-order valence-electron chi connectivity index (χ4n) is 1.83. The minimum Gasteiger partial charge on any atom is -0.390 e. The van der Waals surface area contributed by atoms with E-state index < -0.39 is 0 Å². The molecule has 3 nitrogen and oxygen atoms in total. The summed E-state index contributed by atoms with van der Waals surface area (Å²) in [5, 5.41) is 13.0. The molecule has 2 N–H and O–H groups in total. The van der Waals surface area contributed by atoms with Crippen LogP contribution in [0.1, 0.15) is 19.4 Å². The first-order chi connectivity index (χ1) is 8.65. The van der Waals surface area contributed by atoms with E-state index in [9.17, 15) is 9.50 Å². The third-order valence-electron chi connectivity index (χ3n) is 2.99. The summed E-state index contributed by atoms with van der Waals surface area (Å²) in [7, 11) is 0. The summed E-state index contributed by atoms with van der Waals surface area (Å²) in [6.07, 6.45) is -0.370. The van der Waals surface area contributed by atoms with E-state index in [1.54, 1.807) is 12.1 Å². The van der Waals surface area contributed by atoms with Crippen molar-refractivity contribution < 1.29 is 9.50 Å². The third kappa shape index (κ3) is 5.58. The fourth-order valence-corrected chi connectivity index (χ4v) is 1.83. The number of nitrogens with one attached hydrogen (secondary N) is 1. The Morgan fingerprint density at radius 1 is 1.22 bits per heavy atom. The molecule has 102 valence electrons. The van der Waals surface area contributed by atoms with Crippen LogP contribution in [0, 0.1) is 5.82 Å². The highest BCUT2D eigenvalue weighted by Crippen LogP contribution is 2.02. The Hall–Kier alpha value is -0.970. The molecule has 0 aliphatic heterocycles. The highest BCUT2D eigenvalue weighted by atomic mass is 19.1. The lowest BCUT2D eigenvalue weighted by molar-refractivity contribution is 0.116. The highest BCUT2D eigenvalue weighted by molar-refractivity contribution is 5.15. The van der Waals surface area contributed by atoms with Gasteiger partial charge in [-0.1, -0.05) is 26.0 Å². The number of aliphatic hydroxyl groups excluding tert-OH is 1. The molecule has 1 unspecified atom stereocenters. The Bertz CT molecular complexity index is 325. The van der Waals surface area contributed by atoms with E-state index in [0.717, 1.165) is 18.7 Å². The van der Waals surface area contributed by atoms with Crippen molar-refractivity contribution in [3.8, 4) is 0 Å². The van der Waals surface area contributed by atoms with Crippen molar-refractivity contribution >= 4 is 0 Å². The van der Waals surface area contributed by atoms with Gasteiger partial charge in [0.2, 0.25) is 0 Å². The fraction of sp³-hybridized carbons (Fsp3) is 0.571. The number of rotatable bonds is 8. The smallest absolute Gasteiger partial charge is 0.123 e. The minimum atomic E-state index is -0.370. The molecule has 0 radical (unpaired) electrons.